The molecule has 8 heteroatoms. The van der Waals surface area contributed by atoms with E-state index in [0.29, 0.717) is 33.5 Å². The minimum Gasteiger partial charge on any atom is -0.308 e. The predicted octanol–water partition coefficient (Wildman–Crippen LogP) is 4.89. The van der Waals surface area contributed by atoms with E-state index in [9.17, 15) is 14.4 Å². The fraction of sp³-hybridized carbons (Fsp3) is 0.211. The molecule has 140 valence electrons. The van der Waals surface area contributed by atoms with Gasteiger partial charge >= 0.3 is 6.03 Å². The molecule has 1 heterocycles. The average molecular weight is 406 g/mol. The van der Waals surface area contributed by atoms with E-state index < -0.39 is 6.03 Å². The summed E-state index contributed by atoms with van der Waals surface area (Å²) in [4.78, 5) is 38.3. The molecule has 2 N–H and O–H groups in total. The topological polar surface area (TPSA) is 78.5 Å². The molecule has 0 saturated heterocycles. The van der Waals surface area contributed by atoms with Gasteiger partial charge in [0.05, 0.1) is 21.8 Å². The molecule has 0 bridgehead atoms. The molecule has 1 aliphatic heterocycles. The summed E-state index contributed by atoms with van der Waals surface area (Å²) in [5.74, 6) is -0.505. The van der Waals surface area contributed by atoms with E-state index in [4.69, 9.17) is 23.2 Å². The highest BCUT2D eigenvalue weighted by atomic mass is 35.5. The second-order valence-corrected chi connectivity index (χ2v) is 7.42. The molecule has 27 heavy (non-hydrogen) atoms. The Morgan fingerprint density at radius 1 is 1.00 bits per heavy atom. The number of fused-ring (bicyclic) bond motifs is 1. The number of carbonyl (C=O) groups is 3. The number of benzene rings is 2. The molecule has 2 aromatic carbocycles. The van der Waals surface area contributed by atoms with Crippen LogP contribution in [-0.4, -0.2) is 29.3 Å². The number of hydrogen-bond acceptors (Lipinski definition) is 3. The second-order valence-electron chi connectivity index (χ2n) is 6.58. The van der Waals surface area contributed by atoms with Gasteiger partial charge in [0.15, 0.2) is 0 Å². The Bertz CT molecular complexity index is 944. The lowest BCUT2D eigenvalue weighted by atomic mass is 10.1. The van der Waals surface area contributed by atoms with Gasteiger partial charge < -0.3 is 10.6 Å². The lowest BCUT2D eigenvalue weighted by Crippen LogP contribution is -2.33. The summed E-state index contributed by atoms with van der Waals surface area (Å²) in [6, 6.07) is 8.77. The van der Waals surface area contributed by atoms with Crippen LogP contribution in [0.1, 0.15) is 34.6 Å². The first-order valence-electron chi connectivity index (χ1n) is 8.29. The van der Waals surface area contributed by atoms with Gasteiger partial charge in [0, 0.05) is 17.3 Å². The van der Waals surface area contributed by atoms with Crippen LogP contribution in [0.4, 0.5) is 16.2 Å². The molecule has 0 saturated carbocycles. The van der Waals surface area contributed by atoms with E-state index in [2.05, 4.69) is 10.6 Å². The van der Waals surface area contributed by atoms with Crippen molar-refractivity contribution in [3.8, 4) is 0 Å². The average Bonchev–Trinajstić information content (AvgIpc) is 2.82. The fourth-order valence-corrected chi connectivity index (χ4v) is 3.11. The van der Waals surface area contributed by atoms with Crippen LogP contribution in [-0.2, 0) is 0 Å². The van der Waals surface area contributed by atoms with Crippen LogP contribution in [0.3, 0.4) is 0 Å². The zero-order valence-corrected chi connectivity index (χ0v) is 16.2. The third-order valence-electron chi connectivity index (χ3n) is 3.95. The summed E-state index contributed by atoms with van der Waals surface area (Å²) in [7, 11) is 0. The van der Waals surface area contributed by atoms with Crippen LogP contribution >= 0.6 is 23.2 Å². The number of rotatable bonds is 4. The van der Waals surface area contributed by atoms with Crippen LogP contribution in [0.15, 0.2) is 36.4 Å². The first-order chi connectivity index (χ1) is 12.8. The summed E-state index contributed by atoms with van der Waals surface area (Å²) in [6.07, 6.45) is 0. The van der Waals surface area contributed by atoms with E-state index in [1.807, 2.05) is 13.8 Å². The minimum absolute atomic E-state index is 0.165. The number of imide groups is 1. The Morgan fingerprint density at radius 3 is 2.41 bits per heavy atom. The first kappa shape index (κ1) is 19.2. The van der Waals surface area contributed by atoms with E-state index in [0.717, 1.165) is 0 Å². The summed E-state index contributed by atoms with van der Waals surface area (Å²) in [5, 5.41) is 5.99. The predicted molar refractivity (Wildman–Crippen MR) is 106 cm³/mol. The van der Waals surface area contributed by atoms with Crippen molar-refractivity contribution in [2.45, 2.75) is 13.8 Å². The molecule has 0 aromatic heterocycles. The summed E-state index contributed by atoms with van der Waals surface area (Å²) < 4.78 is 0. The lowest BCUT2D eigenvalue weighted by molar-refractivity contribution is 0.0636. The van der Waals surface area contributed by atoms with Gasteiger partial charge in [0.2, 0.25) is 0 Å². The zero-order chi connectivity index (χ0) is 19.7. The molecule has 4 amide bonds. The van der Waals surface area contributed by atoms with Crippen LogP contribution in [0.5, 0.6) is 0 Å². The summed E-state index contributed by atoms with van der Waals surface area (Å²) in [5.41, 5.74) is 1.36. The quantitative estimate of drug-likeness (QED) is 0.710. The Labute approximate surface area is 166 Å². The Hall–Kier alpha value is -2.57. The second kappa shape index (κ2) is 7.58. The molecular weight excluding hydrogens is 389 g/mol. The highest BCUT2D eigenvalue weighted by Crippen LogP contribution is 2.28. The third-order valence-corrected chi connectivity index (χ3v) is 4.52. The maximum Gasteiger partial charge on any atom is 0.323 e. The normalized spacial score (nSPS) is 13.1. The van der Waals surface area contributed by atoms with Gasteiger partial charge in [-0.05, 0) is 42.3 Å². The zero-order valence-electron chi connectivity index (χ0n) is 14.7. The molecule has 0 fully saturated rings. The van der Waals surface area contributed by atoms with Crippen molar-refractivity contribution in [3.63, 3.8) is 0 Å². The monoisotopic (exact) mass is 405 g/mol. The van der Waals surface area contributed by atoms with Crippen molar-refractivity contribution in [3.05, 3.63) is 57.6 Å². The van der Waals surface area contributed by atoms with Gasteiger partial charge in [-0.3, -0.25) is 14.5 Å². The van der Waals surface area contributed by atoms with Gasteiger partial charge in [-0.15, -0.1) is 0 Å². The fourth-order valence-electron chi connectivity index (χ4n) is 2.78. The molecule has 0 atom stereocenters. The SMILES string of the molecule is CC(C)CN1C(=O)c2ccc(NC(=O)Nc3cc(Cl)ccc3Cl)cc2C1=O. The minimum atomic E-state index is -0.546. The van der Waals surface area contributed by atoms with Gasteiger partial charge in [0.1, 0.15) is 0 Å². The summed E-state index contributed by atoms with van der Waals surface area (Å²) >= 11 is 11.9. The number of nitrogens with zero attached hydrogens (tertiary/aromatic N) is 1. The maximum atomic E-state index is 12.5. The summed E-state index contributed by atoms with van der Waals surface area (Å²) in [6.45, 7) is 4.21. The lowest BCUT2D eigenvalue weighted by Gasteiger charge is -2.15. The molecule has 0 spiro atoms. The van der Waals surface area contributed by atoms with Crippen molar-refractivity contribution in [1.82, 2.24) is 4.90 Å². The maximum absolute atomic E-state index is 12.5. The number of amides is 4. The number of urea groups is 1. The van der Waals surface area contributed by atoms with Crippen LogP contribution in [0, 0.1) is 5.92 Å². The Balaban J connectivity index is 1.76. The third kappa shape index (κ3) is 4.07. The molecule has 1 aliphatic rings. The molecule has 2 aromatic rings. The molecule has 0 radical (unpaired) electrons. The van der Waals surface area contributed by atoms with Crippen molar-refractivity contribution < 1.29 is 14.4 Å². The number of halogens is 2. The van der Waals surface area contributed by atoms with Crippen molar-refractivity contribution in [2.24, 2.45) is 5.92 Å². The molecule has 0 aliphatic carbocycles. The first-order valence-corrected chi connectivity index (χ1v) is 9.05. The molecular formula is C19H17Cl2N3O3. The number of anilines is 2. The Morgan fingerprint density at radius 2 is 1.70 bits per heavy atom. The number of hydrogen-bond donors (Lipinski definition) is 2. The van der Waals surface area contributed by atoms with Crippen LogP contribution in [0.2, 0.25) is 10.0 Å². The molecule has 3 rings (SSSR count). The molecule has 6 nitrogen and oxygen atoms in total. The van der Waals surface area contributed by atoms with E-state index in [-0.39, 0.29) is 23.3 Å². The highest BCUT2D eigenvalue weighted by Gasteiger charge is 2.35. The van der Waals surface area contributed by atoms with E-state index in [1.165, 1.54) is 23.1 Å². The highest BCUT2D eigenvalue weighted by molar-refractivity contribution is 6.35. The van der Waals surface area contributed by atoms with Gasteiger partial charge in [0.25, 0.3) is 11.8 Å². The van der Waals surface area contributed by atoms with Crippen LogP contribution < -0.4 is 10.6 Å². The van der Waals surface area contributed by atoms with E-state index >= 15 is 0 Å². The largest absolute Gasteiger partial charge is 0.323 e. The standard InChI is InChI=1S/C19H17Cl2N3O3/c1-10(2)9-24-17(25)13-5-4-12(8-14(13)18(24)26)22-19(27)23-16-7-11(20)3-6-15(16)21/h3-8,10H,9H2,1-2H3,(H2,22,23,27). The van der Waals surface area contributed by atoms with Gasteiger partial charge in [-0.2, -0.15) is 0 Å². The van der Waals surface area contributed by atoms with Crippen LogP contribution in [0.25, 0.3) is 0 Å². The smallest absolute Gasteiger partial charge is 0.308 e. The van der Waals surface area contributed by atoms with Crippen molar-refractivity contribution in [2.75, 3.05) is 17.2 Å². The van der Waals surface area contributed by atoms with E-state index in [1.54, 1.807) is 18.2 Å². The van der Waals surface area contributed by atoms with Gasteiger partial charge in [-0.1, -0.05) is 37.0 Å². The number of nitrogens with one attached hydrogen (secondary N) is 2. The number of carbonyl (C=O) groups excluding carboxylic acids is 3. The Kier molecular flexibility index (Phi) is 5.39. The van der Waals surface area contributed by atoms with Gasteiger partial charge in [-0.25, -0.2) is 4.79 Å². The van der Waals surface area contributed by atoms with Crippen molar-refractivity contribution in [1.29, 1.82) is 0 Å². The molecule has 0 unspecified atom stereocenters. The van der Waals surface area contributed by atoms with Crippen molar-refractivity contribution >= 4 is 52.4 Å².